The summed E-state index contributed by atoms with van der Waals surface area (Å²) in [6.45, 7) is 0.712. The minimum atomic E-state index is -0.423. The minimum absolute atomic E-state index is 0. The Kier molecular flexibility index (Phi) is 5.72. The predicted molar refractivity (Wildman–Crippen MR) is 81.1 cm³/mol. The van der Waals surface area contributed by atoms with E-state index in [1.54, 1.807) is 0 Å². The van der Waals surface area contributed by atoms with Crippen LogP contribution in [0.4, 0.5) is 0 Å². The van der Waals surface area contributed by atoms with Gasteiger partial charge in [0, 0.05) is 12.0 Å². The molecule has 1 aliphatic carbocycles. The number of quaternary nitrogens is 1. The minimum Gasteiger partial charge on any atom is -1.00 e. The van der Waals surface area contributed by atoms with Crippen LogP contribution in [0, 0.1) is 0 Å². The molecule has 0 aliphatic heterocycles. The lowest BCUT2D eigenvalue weighted by atomic mass is 10.1. The molecule has 2 atom stereocenters. The monoisotopic (exact) mass is 317 g/mol. The molecule has 0 bridgehead atoms. The van der Waals surface area contributed by atoms with Crippen molar-refractivity contribution in [1.82, 2.24) is 0 Å². The summed E-state index contributed by atoms with van der Waals surface area (Å²) in [6, 6.07) is 17.5. The van der Waals surface area contributed by atoms with Crippen LogP contribution in [-0.4, -0.2) is 23.5 Å². The van der Waals surface area contributed by atoms with E-state index < -0.39 is 6.10 Å². The number of Topliss-reactive ketones (excluding diaryl/α,β-unsaturated/α-hetero) is 1. The van der Waals surface area contributed by atoms with Crippen LogP contribution in [0.5, 0.6) is 0 Å². The van der Waals surface area contributed by atoms with Crippen molar-refractivity contribution >= 4 is 5.78 Å². The highest BCUT2D eigenvalue weighted by molar-refractivity contribution is 5.95. The van der Waals surface area contributed by atoms with E-state index in [9.17, 15) is 9.90 Å². The number of hydrogen-bond donors (Lipinski definition) is 2. The van der Waals surface area contributed by atoms with Gasteiger partial charge in [0.2, 0.25) is 0 Å². The Hall–Kier alpha value is -1.68. The maximum atomic E-state index is 12.0. The molecule has 2 aromatic rings. The summed E-state index contributed by atoms with van der Waals surface area (Å²) in [5, 5.41) is 12.4. The number of carbonyl (C=O) groups is 1. The van der Waals surface area contributed by atoms with Crippen molar-refractivity contribution in [2.45, 2.75) is 25.0 Å². The maximum absolute atomic E-state index is 12.0. The first kappa shape index (κ1) is 16.7. The number of aliphatic hydroxyl groups excluding tert-OH is 1. The molecule has 0 spiro atoms. The van der Waals surface area contributed by atoms with Crippen LogP contribution >= 0.6 is 0 Å². The summed E-state index contributed by atoms with van der Waals surface area (Å²) in [5.41, 5.74) is 3.02. The fourth-order valence-electron chi connectivity index (χ4n) is 3.01. The van der Waals surface area contributed by atoms with Crippen LogP contribution in [0.3, 0.4) is 0 Å². The zero-order valence-corrected chi connectivity index (χ0v) is 13.0. The third-order valence-electron chi connectivity index (χ3n) is 4.17. The van der Waals surface area contributed by atoms with Crippen LogP contribution < -0.4 is 17.7 Å². The highest BCUT2D eigenvalue weighted by Gasteiger charge is 2.33. The van der Waals surface area contributed by atoms with Crippen molar-refractivity contribution in [3.8, 4) is 0 Å². The van der Waals surface area contributed by atoms with Gasteiger partial charge in [-0.3, -0.25) is 4.79 Å². The second kappa shape index (κ2) is 7.54. The van der Waals surface area contributed by atoms with Gasteiger partial charge in [0.05, 0.1) is 13.0 Å². The molecular weight excluding hydrogens is 298 g/mol. The molecule has 3 rings (SSSR count). The van der Waals surface area contributed by atoms with E-state index in [-0.39, 0.29) is 24.2 Å². The van der Waals surface area contributed by atoms with Crippen molar-refractivity contribution in [2.24, 2.45) is 0 Å². The summed E-state index contributed by atoms with van der Waals surface area (Å²) >= 11 is 0. The lowest BCUT2D eigenvalue weighted by molar-refractivity contribution is -0.694. The average Bonchev–Trinajstić information content (AvgIpc) is 2.85. The molecule has 0 heterocycles. The van der Waals surface area contributed by atoms with Crippen molar-refractivity contribution in [1.29, 1.82) is 0 Å². The van der Waals surface area contributed by atoms with E-state index in [1.807, 2.05) is 48.5 Å². The number of aliphatic hydroxyl groups is 1. The van der Waals surface area contributed by atoms with Crippen LogP contribution in [-0.2, 0) is 6.42 Å². The first-order valence-corrected chi connectivity index (χ1v) is 7.43. The summed E-state index contributed by atoms with van der Waals surface area (Å²) in [7, 11) is 0. The molecule has 0 aromatic heterocycles. The SMILES string of the molecule is O=C(CC[NH2+]C1Cc2ccccc2C1O)c1ccccc1.[Cl-]. The van der Waals surface area contributed by atoms with Crippen LogP contribution in [0.15, 0.2) is 54.6 Å². The Bertz CT molecular complexity index is 630. The summed E-state index contributed by atoms with van der Waals surface area (Å²) in [4.78, 5) is 12.0. The first-order valence-electron chi connectivity index (χ1n) is 7.43. The molecule has 3 N–H and O–H groups in total. The fraction of sp³-hybridized carbons (Fsp3) is 0.278. The second-order valence-electron chi connectivity index (χ2n) is 5.58. The molecule has 0 radical (unpaired) electrons. The van der Waals surface area contributed by atoms with Gasteiger partial charge < -0.3 is 22.8 Å². The zero-order chi connectivity index (χ0) is 14.7. The largest absolute Gasteiger partial charge is 1.00 e. The number of carbonyl (C=O) groups excluding carboxylic acids is 1. The zero-order valence-electron chi connectivity index (χ0n) is 12.3. The number of halogens is 1. The Labute approximate surface area is 136 Å². The molecular formula is C18H20ClNO2. The molecule has 22 heavy (non-hydrogen) atoms. The lowest BCUT2D eigenvalue weighted by Crippen LogP contribution is -3.00. The third kappa shape index (κ3) is 3.55. The molecule has 0 amide bonds. The molecule has 2 unspecified atom stereocenters. The van der Waals surface area contributed by atoms with Crippen LogP contribution in [0.2, 0.25) is 0 Å². The smallest absolute Gasteiger partial charge is 0.168 e. The van der Waals surface area contributed by atoms with Crippen molar-refractivity contribution in [2.75, 3.05) is 6.54 Å². The molecule has 3 nitrogen and oxygen atoms in total. The number of nitrogens with two attached hydrogens (primary N) is 1. The Balaban J connectivity index is 0.00000176. The second-order valence-corrected chi connectivity index (χ2v) is 5.58. The first-order chi connectivity index (χ1) is 10.3. The van der Waals surface area contributed by atoms with Gasteiger partial charge in [0.15, 0.2) is 5.78 Å². The lowest BCUT2D eigenvalue weighted by Gasteiger charge is -2.13. The molecule has 0 saturated carbocycles. The summed E-state index contributed by atoms with van der Waals surface area (Å²) in [6.07, 6.45) is 0.952. The topological polar surface area (TPSA) is 53.9 Å². The fourth-order valence-corrected chi connectivity index (χ4v) is 3.01. The van der Waals surface area contributed by atoms with Gasteiger partial charge in [-0.25, -0.2) is 0 Å². The van der Waals surface area contributed by atoms with E-state index in [4.69, 9.17) is 0 Å². The summed E-state index contributed by atoms with van der Waals surface area (Å²) < 4.78 is 0. The van der Waals surface area contributed by atoms with E-state index in [1.165, 1.54) is 5.56 Å². The van der Waals surface area contributed by atoms with Gasteiger partial charge in [0.1, 0.15) is 12.1 Å². The molecule has 0 saturated heterocycles. The number of ketones is 1. The van der Waals surface area contributed by atoms with Gasteiger partial charge >= 0.3 is 0 Å². The van der Waals surface area contributed by atoms with Gasteiger partial charge in [-0.1, -0.05) is 54.6 Å². The molecule has 1 aliphatic rings. The third-order valence-corrected chi connectivity index (χ3v) is 4.17. The predicted octanol–water partition coefficient (Wildman–Crippen LogP) is -1.51. The van der Waals surface area contributed by atoms with E-state index in [2.05, 4.69) is 11.4 Å². The Morgan fingerprint density at radius 2 is 1.77 bits per heavy atom. The van der Waals surface area contributed by atoms with Gasteiger partial charge in [-0.05, 0) is 11.1 Å². The number of benzene rings is 2. The van der Waals surface area contributed by atoms with Crippen molar-refractivity contribution < 1.29 is 27.6 Å². The number of fused-ring (bicyclic) bond motifs is 1. The molecule has 116 valence electrons. The standard InChI is InChI=1S/C18H19NO2.ClH/c20-17(13-6-2-1-3-7-13)10-11-19-16-12-14-8-4-5-9-15(14)18(16)21;/h1-9,16,18-19,21H,10-12H2;1H. The van der Waals surface area contributed by atoms with Gasteiger partial charge in [-0.15, -0.1) is 0 Å². The van der Waals surface area contributed by atoms with E-state index >= 15 is 0 Å². The van der Waals surface area contributed by atoms with Gasteiger partial charge in [-0.2, -0.15) is 0 Å². The van der Waals surface area contributed by atoms with Gasteiger partial charge in [0.25, 0.3) is 0 Å². The molecule has 4 heteroatoms. The summed E-state index contributed by atoms with van der Waals surface area (Å²) in [5.74, 6) is 0.164. The average molecular weight is 318 g/mol. The number of hydrogen-bond acceptors (Lipinski definition) is 2. The Morgan fingerprint density at radius 1 is 1.09 bits per heavy atom. The highest BCUT2D eigenvalue weighted by atomic mass is 35.5. The van der Waals surface area contributed by atoms with Crippen molar-refractivity contribution in [3.05, 3.63) is 71.3 Å². The van der Waals surface area contributed by atoms with Crippen LogP contribution in [0.25, 0.3) is 0 Å². The van der Waals surface area contributed by atoms with Crippen molar-refractivity contribution in [3.63, 3.8) is 0 Å². The highest BCUT2D eigenvalue weighted by Crippen LogP contribution is 2.28. The quantitative estimate of drug-likeness (QED) is 0.659. The molecule has 0 fully saturated rings. The Morgan fingerprint density at radius 3 is 2.50 bits per heavy atom. The molecule has 2 aromatic carbocycles. The van der Waals surface area contributed by atoms with Crippen LogP contribution in [0.1, 0.15) is 34.0 Å². The van der Waals surface area contributed by atoms with E-state index in [0.29, 0.717) is 13.0 Å². The van der Waals surface area contributed by atoms with E-state index in [0.717, 1.165) is 17.5 Å². The normalized spacial score (nSPS) is 19.3. The maximum Gasteiger partial charge on any atom is 0.168 e. The number of rotatable bonds is 5.